The molecule has 1 heterocycles. The number of nitrogens with zero attached hydrogens (tertiary/aromatic N) is 3. The van der Waals surface area contributed by atoms with Crippen LogP contribution in [0, 0.1) is 5.92 Å². The highest BCUT2D eigenvalue weighted by Crippen LogP contribution is 2.16. The Labute approximate surface area is 113 Å². The summed E-state index contributed by atoms with van der Waals surface area (Å²) in [6.07, 6.45) is 2.03. The van der Waals surface area contributed by atoms with Gasteiger partial charge in [0.25, 0.3) is 5.91 Å². The van der Waals surface area contributed by atoms with Crippen molar-refractivity contribution in [3.8, 4) is 0 Å². The predicted molar refractivity (Wildman–Crippen MR) is 75.1 cm³/mol. The molecular formula is C12H22N4OS. The van der Waals surface area contributed by atoms with Gasteiger partial charge in [-0.3, -0.25) is 4.79 Å². The zero-order valence-corrected chi connectivity index (χ0v) is 12.4. The third kappa shape index (κ3) is 4.60. The zero-order chi connectivity index (χ0) is 13.5. The maximum Gasteiger partial charge on any atom is 0.284 e. The lowest BCUT2D eigenvalue weighted by Gasteiger charge is -2.16. The lowest BCUT2D eigenvalue weighted by molar-refractivity contribution is 0.0788. The number of anilines is 1. The van der Waals surface area contributed by atoms with Crippen molar-refractivity contribution in [2.45, 2.75) is 33.6 Å². The van der Waals surface area contributed by atoms with Crippen LogP contribution in [0.4, 0.5) is 5.13 Å². The van der Waals surface area contributed by atoms with Gasteiger partial charge in [0.1, 0.15) is 0 Å². The Morgan fingerprint density at radius 1 is 1.44 bits per heavy atom. The van der Waals surface area contributed by atoms with Crippen LogP contribution in [0.1, 0.15) is 43.4 Å². The number of hydrogen-bond donors (Lipinski definition) is 1. The van der Waals surface area contributed by atoms with E-state index in [4.69, 9.17) is 0 Å². The Kier molecular flexibility index (Phi) is 6.04. The summed E-state index contributed by atoms with van der Waals surface area (Å²) in [5.41, 5.74) is 0. The van der Waals surface area contributed by atoms with Crippen molar-refractivity contribution >= 4 is 22.4 Å². The van der Waals surface area contributed by atoms with Crippen LogP contribution >= 0.6 is 11.3 Å². The van der Waals surface area contributed by atoms with E-state index < -0.39 is 0 Å². The summed E-state index contributed by atoms with van der Waals surface area (Å²) >= 11 is 1.32. The molecule has 0 spiro atoms. The van der Waals surface area contributed by atoms with E-state index in [1.165, 1.54) is 11.3 Å². The van der Waals surface area contributed by atoms with Crippen molar-refractivity contribution in [3.63, 3.8) is 0 Å². The molecule has 0 unspecified atom stereocenters. The summed E-state index contributed by atoms with van der Waals surface area (Å²) in [7, 11) is 1.81. The minimum absolute atomic E-state index is 0.0438. The van der Waals surface area contributed by atoms with E-state index in [2.05, 4.69) is 36.3 Å². The number of aromatic nitrogens is 2. The second-order valence-electron chi connectivity index (χ2n) is 4.75. The SMILES string of the molecule is CCCNc1nnc(C(=O)N(C)CCC(C)C)s1. The van der Waals surface area contributed by atoms with Crippen LogP contribution in [0.2, 0.25) is 0 Å². The normalized spacial score (nSPS) is 10.7. The van der Waals surface area contributed by atoms with E-state index in [0.29, 0.717) is 10.9 Å². The van der Waals surface area contributed by atoms with Crippen LogP contribution in [0.15, 0.2) is 0 Å². The first-order valence-corrected chi connectivity index (χ1v) is 7.19. The van der Waals surface area contributed by atoms with Crippen molar-refractivity contribution < 1.29 is 4.79 Å². The highest BCUT2D eigenvalue weighted by molar-refractivity contribution is 7.17. The van der Waals surface area contributed by atoms with Crippen LogP contribution in [0.3, 0.4) is 0 Å². The molecule has 0 saturated heterocycles. The highest BCUT2D eigenvalue weighted by atomic mass is 32.1. The Morgan fingerprint density at radius 3 is 2.78 bits per heavy atom. The molecule has 1 N–H and O–H groups in total. The molecule has 1 rings (SSSR count). The van der Waals surface area contributed by atoms with E-state index in [0.717, 1.165) is 31.1 Å². The van der Waals surface area contributed by atoms with Crippen molar-refractivity contribution in [1.82, 2.24) is 15.1 Å². The van der Waals surface area contributed by atoms with Crippen LogP contribution in [0.5, 0.6) is 0 Å². The lowest BCUT2D eigenvalue weighted by Crippen LogP contribution is -2.28. The monoisotopic (exact) mass is 270 g/mol. The number of hydrogen-bond acceptors (Lipinski definition) is 5. The van der Waals surface area contributed by atoms with E-state index in [1.54, 1.807) is 4.90 Å². The van der Waals surface area contributed by atoms with Gasteiger partial charge >= 0.3 is 0 Å². The molecule has 0 bridgehead atoms. The average molecular weight is 270 g/mol. The van der Waals surface area contributed by atoms with Gasteiger partial charge < -0.3 is 10.2 Å². The van der Waals surface area contributed by atoms with Crippen LogP contribution in [-0.2, 0) is 0 Å². The molecule has 0 aliphatic carbocycles. The molecule has 1 amide bonds. The first-order chi connectivity index (χ1) is 8.54. The third-order valence-corrected chi connectivity index (χ3v) is 3.39. The number of nitrogens with one attached hydrogen (secondary N) is 1. The van der Waals surface area contributed by atoms with Gasteiger partial charge in [-0.1, -0.05) is 32.1 Å². The molecule has 102 valence electrons. The van der Waals surface area contributed by atoms with Gasteiger partial charge in [0.05, 0.1) is 0 Å². The first-order valence-electron chi connectivity index (χ1n) is 6.37. The summed E-state index contributed by atoms with van der Waals surface area (Å²) in [4.78, 5) is 13.8. The average Bonchev–Trinajstić information content (AvgIpc) is 2.81. The number of carbonyl (C=O) groups excluding carboxylic acids is 1. The Balaban J connectivity index is 2.52. The molecule has 1 aromatic heterocycles. The lowest BCUT2D eigenvalue weighted by atomic mass is 10.1. The fraction of sp³-hybridized carbons (Fsp3) is 0.750. The molecule has 0 aliphatic heterocycles. The molecule has 0 aromatic carbocycles. The summed E-state index contributed by atoms with van der Waals surface area (Å²) < 4.78 is 0. The molecule has 0 radical (unpaired) electrons. The van der Waals surface area contributed by atoms with Gasteiger partial charge in [-0.15, -0.1) is 10.2 Å². The molecule has 1 aromatic rings. The molecule has 0 atom stereocenters. The molecular weight excluding hydrogens is 248 g/mol. The fourth-order valence-electron chi connectivity index (χ4n) is 1.33. The molecule has 18 heavy (non-hydrogen) atoms. The topological polar surface area (TPSA) is 58.1 Å². The van der Waals surface area contributed by atoms with E-state index in [-0.39, 0.29) is 5.91 Å². The zero-order valence-electron chi connectivity index (χ0n) is 11.6. The van der Waals surface area contributed by atoms with Crippen LogP contribution < -0.4 is 5.32 Å². The maximum atomic E-state index is 12.1. The van der Waals surface area contributed by atoms with Gasteiger partial charge in [0.2, 0.25) is 10.1 Å². The van der Waals surface area contributed by atoms with E-state index in [1.807, 2.05) is 7.05 Å². The Morgan fingerprint density at radius 2 is 2.17 bits per heavy atom. The largest absolute Gasteiger partial charge is 0.360 e. The van der Waals surface area contributed by atoms with Gasteiger partial charge in [-0.05, 0) is 18.8 Å². The van der Waals surface area contributed by atoms with Crippen molar-refractivity contribution in [1.29, 1.82) is 0 Å². The predicted octanol–water partition coefficient (Wildman–Crippen LogP) is 2.48. The van der Waals surface area contributed by atoms with Gasteiger partial charge in [-0.2, -0.15) is 0 Å². The minimum atomic E-state index is -0.0438. The number of rotatable bonds is 7. The summed E-state index contributed by atoms with van der Waals surface area (Å²) in [5.74, 6) is 0.550. The molecule has 5 nitrogen and oxygen atoms in total. The van der Waals surface area contributed by atoms with Crippen molar-refractivity contribution in [2.75, 3.05) is 25.5 Å². The number of amides is 1. The Bertz CT molecular complexity index is 378. The Hall–Kier alpha value is -1.17. The van der Waals surface area contributed by atoms with Crippen LogP contribution in [-0.4, -0.2) is 41.1 Å². The second kappa shape index (κ2) is 7.31. The maximum absolute atomic E-state index is 12.1. The minimum Gasteiger partial charge on any atom is -0.360 e. The van der Waals surface area contributed by atoms with Crippen molar-refractivity contribution in [3.05, 3.63) is 5.01 Å². The third-order valence-electron chi connectivity index (χ3n) is 2.52. The molecule has 0 saturated carbocycles. The van der Waals surface area contributed by atoms with Gasteiger partial charge in [-0.25, -0.2) is 0 Å². The highest BCUT2D eigenvalue weighted by Gasteiger charge is 2.17. The summed E-state index contributed by atoms with van der Waals surface area (Å²) in [6.45, 7) is 7.99. The first kappa shape index (κ1) is 14.9. The quantitative estimate of drug-likeness (QED) is 0.827. The van der Waals surface area contributed by atoms with Gasteiger partial charge in [0.15, 0.2) is 0 Å². The number of carbonyl (C=O) groups is 1. The fourth-order valence-corrected chi connectivity index (χ4v) is 2.09. The molecule has 0 aliphatic rings. The van der Waals surface area contributed by atoms with Crippen LogP contribution in [0.25, 0.3) is 0 Å². The molecule has 6 heteroatoms. The van der Waals surface area contributed by atoms with Crippen molar-refractivity contribution in [2.24, 2.45) is 5.92 Å². The van der Waals surface area contributed by atoms with Gasteiger partial charge in [0, 0.05) is 20.1 Å². The molecule has 0 fully saturated rings. The summed E-state index contributed by atoms with van der Waals surface area (Å²) in [6, 6.07) is 0. The van der Waals surface area contributed by atoms with E-state index in [9.17, 15) is 4.79 Å². The smallest absolute Gasteiger partial charge is 0.284 e. The second-order valence-corrected chi connectivity index (χ2v) is 5.73. The standard InChI is InChI=1S/C12H22N4OS/c1-5-7-13-12-15-14-10(18-12)11(17)16(4)8-6-9(2)3/h9H,5-8H2,1-4H3,(H,13,15). The summed E-state index contributed by atoms with van der Waals surface area (Å²) in [5, 5.41) is 12.2. The van der Waals surface area contributed by atoms with E-state index >= 15 is 0 Å².